The van der Waals surface area contributed by atoms with Crippen molar-refractivity contribution in [1.82, 2.24) is 0 Å². The highest BCUT2D eigenvalue weighted by atomic mass is 28.3. The average Bonchev–Trinajstić information content (AvgIpc) is 2.62. The van der Waals surface area contributed by atoms with Crippen molar-refractivity contribution >= 4 is 16.1 Å². The van der Waals surface area contributed by atoms with E-state index in [4.69, 9.17) is 4.74 Å². The van der Waals surface area contributed by atoms with Gasteiger partial charge in [0.15, 0.2) is 6.10 Å². The Bertz CT molecular complexity index is 792. The zero-order chi connectivity index (χ0) is 24.1. The zero-order valence-corrected chi connectivity index (χ0v) is 23.2. The minimum absolute atomic E-state index is 0.111. The molecule has 3 N–H and O–H groups in total. The van der Waals surface area contributed by atoms with Crippen molar-refractivity contribution in [1.29, 1.82) is 0 Å². The van der Waals surface area contributed by atoms with Crippen molar-refractivity contribution < 1.29 is 20.1 Å². The normalized spacial score (nSPS) is 28.9. The summed E-state index contributed by atoms with van der Waals surface area (Å²) in [6, 6.07) is 9.72. The molecule has 6 heteroatoms. The Morgan fingerprint density at radius 1 is 0.935 bits per heavy atom. The van der Waals surface area contributed by atoms with Gasteiger partial charge in [0.25, 0.3) is 0 Å². The summed E-state index contributed by atoms with van der Waals surface area (Å²) in [5.74, 6) is 0. The predicted molar refractivity (Wildman–Crippen MR) is 134 cm³/mol. The van der Waals surface area contributed by atoms with Gasteiger partial charge in [0, 0.05) is 6.42 Å². The second kappa shape index (κ2) is 8.13. The Kier molecular flexibility index (Phi) is 6.91. The lowest BCUT2D eigenvalue weighted by atomic mass is 9.82. The maximum Gasteiger partial charge on any atom is 0.152 e. The van der Waals surface area contributed by atoms with Crippen LogP contribution in [-0.4, -0.2) is 54.1 Å². The molecule has 0 saturated heterocycles. The number of aliphatic hydroxyl groups excluding tert-OH is 1. The van der Waals surface area contributed by atoms with Gasteiger partial charge < -0.3 is 20.1 Å². The van der Waals surface area contributed by atoms with Gasteiger partial charge >= 0.3 is 0 Å². The summed E-state index contributed by atoms with van der Waals surface area (Å²) in [7, 11) is -4.90. The van der Waals surface area contributed by atoms with E-state index in [2.05, 4.69) is 67.7 Å². The van der Waals surface area contributed by atoms with Crippen molar-refractivity contribution in [3.8, 4) is 0 Å². The monoisotopic (exact) mass is 464 g/mol. The number of rotatable bonds is 5. The molecular weight excluding hydrogens is 420 g/mol. The van der Waals surface area contributed by atoms with E-state index in [1.807, 2.05) is 30.3 Å². The Morgan fingerprint density at radius 2 is 1.45 bits per heavy atom. The van der Waals surface area contributed by atoms with Gasteiger partial charge in [-0.25, -0.2) is 0 Å². The molecule has 176 valence electrons. The zero-order valence-electron chi connectivity index (χ0n) is 21.2. The van der Waals surface area contributed by atoms with Gasteiger partial charge in [0.05, 0.1) is 28.1 Å². The predicted octanol–water partition coefficient (Wildman–Crippen LogP) is 5.06. The van der Waals surface area contributed by atoms with Gasteiger partial charge in [-0.3, -0.25) is 0 Å². The van der Waals surface area contributed by atoms with Crippen molar-refractivity contribution in [2.45, 2.75) is 107 Å². The summed E-state index contributed by atoms with van der Waals surface area (Å²) in [6.07, 6.45) is 2.46. The molecule has 0 saturated carbocycles. The average molecular weight is 465 g/mol. The van der Waals surface area contributed by atoms with Crippen LogP contribution in [0.5, 0.6) is 0 Å². The molecule has 0 amide bonds. The minimum Gasteiger partial charge on any atom is -0.493 e. The van der Waals surface area contributed by atoms with E-state index < -0.39 is 38.8 Å². The Labute approximate surface area is 191 Å². The second-order valence-electron chi connectivity index (χ2n) is 12.5. The molecule has 1 aromatic rings. The third-order valence-electron chi connectivity index (χ3n) is 8.77. The molecule has 0 fully saturated rings. The molecular formula is C25H44O4Si2. The number of benzene rings is 1. The second-order valence-corrected chi connectivity index (χ2v) is 23.6. The first kappa shape index (κ1) is 26.3. The SMILES string of the molecule is CC(C)(C)[Si](C)(C)C(O)[C@H]1OC=C[C@](O)([Si](C)(C)C(C)(C)C)[C@@]1(O)Cc1ccccc1. The molecule has 0 aliphatic carbocycles. The minimum atomic E-state index is -2.57. The van der Waals surface area contributed by atoms with Crippen LogP contribution in [0.1, 0.15) is 47.1 Å². The van der Waals surface area contributed by atoms with Gasteiger partial charge in [-0.2, -0.15) is 0 Å². The van der Waals surface area contributed by atoms with E-state index >= 15 is 0 Å². The number of hydrogen-bond acceptors (Lipinski definition) is 4. The maximum absolute atomic E-state index is 12.5. The third-order valence-corrected chi connectivity index (χ3v) is 20.7. The fourth-order valence-electron chi connectivity index (χ4n) is 4.32. The Hall–Kier alpha value is -0.926. The summed E-state index contributed by atoms with van der Waals surface area (Å²) < 4.78 is 6.03. The fraction of sp³-hybridized carbons (Fsp3) is 0.680. The maximum atomic E-state index is 12.5. The molecule has 1 heterocycles. The summed E-state index contributed by atoms with van der Waals surface area (Å²) in [5.41, 5.74) is -1.61. The molecule has 2 rings (SSSR count). The highest BCUT2D eigenvalue weighted by Gasteiger charge is 2.68. The molecule has 1 aromatic carbocycles. The lowest BCUT2D eigenvalue weighted by molar-refractivity contribution is -0.187. The van der Waals surface area contributed by atoms with Crippen LogP contribution < -0.4 is 0 Å². The number of ether oxygens (including phenoxy) is 1. The van der Waals surface area contributed by atoms with Crippen LogP contribution in [0, 0.1) is 0 Å². The first-order valence-corrected chi connectivity index (χ1v) is 17.4. The summed E-state index contributed by atoms with van der Waals surface area (Å²) in [6.45, 7) is 21.3. The molecule has 1 aliphatic heterocycles. The van der Waals surface area contributed by atoms with Crippen LogP contribution in [0.2, 0.25) is 36.3 Å². The van der Waals surface area contributed by atoms with E-state index in [1.54, 1.807) is 6.08 Å². The highest BCUT2D eigenvalue weighted by molar-refractivity contribution is 6.84. The smallest absolute Gasteiger partial charge is 0.152 e. The van der Waals surface area contributed by atoms with Crippen LogP contribution in [0.4, 0.5) is 0 Å². The molecule has 4 nitrogen and oxygen atoms in total. The van der Waals surface area contributed by atoms with Gasteiger partial charge in [-0.1, -0.05) is 98.1 Å². The van der Waals surface area contributed by atoms with Crippen molar-refractivity contribution in [2.24, 2.45) is 0 Å². The van der Waals surface area contributed by atoms with Gasteiger partial charge in [0.1, 0.15) is 10.8 Å². The molecule has 31 heavy (non-hydrogen) atoms. The largest absolute Gasteiger partial charge is 0.493 e. The highest BCUT2D eigenvalue weighted by Crippen LogP contribution is 2.53. The first-order chi connectivity index (χ1) is 13.8. The summed E-state index contributed by atoms with van der Waals surface area (Å²) >= 11 is 0. The summed E-state index contributed by atoms with van der Waals surface area (Å²) in [5, 5.41) is 34.7. The molecule has 0 spiro atoms. The van der Waals surface area contributed by atoms with E-state index in [0.29, 0.717) is 0 Å². The lowest BCUT2D eigenvalue weighted by Crippen LogP contribution is -2.78. The van der Waals surface area contributed by atoms with Crippen molar-refractivity contribution in [3.63, 3.8) is 0 Å². The lowest BCUT2D eigenvalue weighted by Gasteiger charge is -2.60. The van der Waals surface area contributed by atoms with Crippen molar-refractivity contribution in [3.05, 3.63) is 48.2 Å². The van der Waals surface area contributed by atoms with Gasteiger partial charge in [0.2, 0.25) is 0 Å². The van der Waals surface area contributed by atoms with E-state index in [0.717, 1.165) is 5.56 Å². The van der Waals surface area contributed by atoms with Gasteiger partial charge in [-0.15, -0.1) is 0 Å². The van der Waals surface area contributed by atoms with E-state index in [1.165, 1.54) is 6.26 Å². The Morgan fingerprint density at radius 3 is 1.90 bits per heavy atom. The molecule has 1 unspecified atom stereocenters. The Balaban J connectivity index is 2.73. The molecule has 1 aliphatic rings. The van der Waals surface area contributed by atoms with Gasteiger partial charge in [-0.05, 0) is 21.7 Å². The number of aliphatic hydroxyl groups is 3. The first-order valence-electron chi connectivity index (χ1n) is 11.3. The molecule has 4 atom stereocenters. The van der Waals surface area contributed by atoms with Crippen LogP contribution in [0.3, 0.4) is 0 Å². The molecule has 0 radical (unpaired) electrons. The third kappa shape index (κ3) is 4.22. The van der Waals surface area contributed by atoms with Crippen LogP contribution in [0.15, 0.2) is 42.7 Å². The van der Waals surface area contributed by atoms with Crippen LogP contribution >= 0.6 is 0 Å². The van der Waals surface area contributed by atoms with E-state index in [-0.39, 0.29) is 16.5 Å². The fourth-order valence-corrected chi connectivity index (χ4v) is 9.26. The molecule has 0 aromatic heterocycles. The van der Waals surface area contributed by atoms with Crippen molar-refractivity contribution in [2.75, 3.05) is 0 Å². The summed E-state index contributed by atoms with van der Waals surface area (Å²) in [4.78, 5) is 0. The van der Waals surface area contributed by atoms with E-state index in [9.17, 15) is 15.3 Å². The van der Waals surface area contributed by atoms with Crippen LogP contribution in [-0.2, 0) is 11.2 Å². The topological polar surface area (TPSA) is 69.9 Å². The quantitative estimate of drug-likeness (QED) is 0.533. The standard InChI is InChI=1S/C25H44O4Si2/c1-22(2,3)30(7,8)21(26)20-24(27,18-19-14-12-11-13-15-19)25(28,16-17-29-20)31(9,10)23(4,5)6/h11-17,20-21,26-28H,18H2,1-10H3/t20-,21?,24-,25+/m1/s1. The van der Waals surface area contributed by atoms with Crippen LogP contribution in [0.25, 0.3) is 0 Å². The number of hydrogen-bond donors (Lipinski definition) is 3. The molecule has 0 bridgehead atoms.